The van der Waals surface area contributed by atoms with Gasteiger partial charge in [-0.05, 0) is 60.2 Å². The van der Waals surface area contributed by atoms with Crippen molar-refractivity contribution < 1.29 is 26.4 Å². The molecule has 2 aromatic heterocycles. The zero-order chi connectivity index (χ0) is 27.3. The van der Waals surface area contributed by atoms with Gasteiger partial charge in [0.2, 0.25) is 0 Å². The molecule has 2 amide bonds. The standard InChI is InChI=1S/C23H19F3N6O3S3/c1-36-22(29-28-21(33)27-15-6-3-2-4-7-15)31-38(34,35)17-11-9-16(10-12-17)32-18(19-8-5-13-37-19)14-20(30-32)23(24,25)26/h2-14H,1H3,(H,29,31)(H2,27,28,33). The Bertz CT molecular complexity index is 1540. The highest BCUT2D eigenvalue weighted by Gasteiger charge is 2.35. The minimum atomic E-state index is -4.65. The van der Waals surface area contributed by atoms with Crippen LogP contribution in [0.2, 0.25) is 0 Å². The van der Waals surface area contributed by atoms with E-state index in [1.165, 1.54) is 35.6 Å². The summed E-state index contributed by atoms with van der Waals surface area (Å²) in [5.41, 5.74) is 4.66. The minimum absolute atomic E-state index is 0.112. The summed E-state index contributed by atoms with van der Waals surface area (Å²) in [5.74, 6) is 0. The van der Waals surface area contributed by atoms with Gasteiger partial charge in [-0.3, -0.25) is 5.43 Å². The number of carbonyl (C=O) groups is 1. The molecule has 0 unspecified atom stereocenters. The topological polar surface area (TPSA) is 117 Å². The predicted octanol–water partition coefficient (Wildman–Crippen LogP) is 5.35. The van der Waals surface area contributed by atoms with Crippen LogP contribution in [0.3, 0.4) is 0 Å². The molecule has 2 aromatic carbocycles. The van der Waals surface area contributed by atoms with Gasteiger partial charge < -0.3 is 5.32 Å². The highest BCUT2D eigenvalue weighted by Crippen LogP contribution is 2.35. The van der Waals surface area contributed by atoms with Gasteiger partial charge in [0.05, 0.1) is 21.2 Å². The molecular weight excluding hydrogens is 561 g/mol. The Morgan fingerprint density at radius 1 is 1.03 bits per heavy atom. The van der Waals surface area contributed by atoms with Crippen molar-refractivity contribution in [3.63, 3.8) is 0 Å². The summed E-state index contributed by atoms with van der Waals surface area (Å²) in [6.45, 7) is 0. The van der Waals surface area contributed by atoms with Gasteiger partial charge >= 0.3 is 12.2 Å². The molecule has 0 atom stereocenters. The van der Waals surface area contributed by atoms with Crippen molar-refractivity contribution in [3.8, 4) is 16.3 Å². The van der Waals surface area contributed by atoms with E-state index in [-0.39, 0.29) is 21.4 Å². The highest BCUT2D eigenvalue weighted by atomic mass is 32.2. The average molecular weight is 581 g/mol. The SMILES string of the molecule is CS/C(=N/S(=O)(=O)c1ccc(-n2nc(C(F)(F)F)cc2-c2cccs2)cc1)NNC(=O)Nc1ccccc1. The van der Waals surface area contributed by atoms with Gasteiger partial charge in [0.1, 0.15) is 0 Å². The largest absolute Gasteiger partial charge is 0.435 e. The van der Waals surface area contributed by atoms with Crippen LogP contribution in [0.4, 0.5) is 23.7 Å². The van der Waals surface area contributed by atoms with Crippen molar-refractivity contribution in [2.24, 2.45) is 4.40 Å². The molecule has 0 spiro atoms. The molecule has 0 aliphatic rings. The highest BCUT2D eigenvalue weighted by molar-refractivity contribution is 8.13. The van der Waals surface area contributed by atoms with E-state index < -0.39 is 27.9 Å². The molecule has 0 bridgehead atoms. The lowest BCUT2D eigenvalue weighted by Gasteiger charge is -2.11. The van der Waals surface area contributed by atoms with Crippen molar-refractivity contribution >= 4 is 50.0 Å². The molecular formula is C23H19F3N6O3S3. The number of carbonyl (C=O) groups excluding carboxylic acids is 1. The lowest BCUT2D eigenvalue weighted by atomic mass is 10.2. The van der Waals surface area contributed by atoms with Crippen LogP contribution in [0.15, 0.2) is 87.5 Å². The van der Waals surface area contributed by atoms with Crippen LogP contribution in [0.1, 0.15) is 5.69 Å². The number of thiophene rings is 1. The van der Waals surface area contributed by atoms with Gasteiger partial charge in [-0.25, -0.2) is 14.9 Å². The number of urea groups is 1. The molecule has 3 N–H and O–H groups in total. The maximum absolute atomic E-state index is 13.3. The zero-order valence-corrected chi connectivity index (χ0v) is 21.9. The first-order chi connectivity index (χ1) is 18.1. The van der Waals surface area contributed by atoms with E-state index in [2.05, 4.69) is 25.7 Å². The fourth-order valence-corrected chi connectivity index (χ4v) is 5.46. The first kappa shape index (κ1) is 27.2. The maximum Gasteiger partial charge on any atom is 0.435 e. The molecule has 198 valence electrons. The van der Waals surface area contributed by atoms with Gasteiger partial charge in [0.15, 0.2) is 10.9 Å². The second-order valence-electron chi connectivity index (χ2n) is 7.44. The fourth-order valence-electron chi connectivity index (χ4n) is 3.14. The van der Waals surface area contributed by atoms with Crippen molar-refractivity contribution in [2.45, 2.75) is 11.1 Å². The van der Waals surface area contributed by atoms with E-state index in [9.17, 15) is 26.4 Å². The molecule has 0 radical (unpaired) electrons. The number of para-hydroxylation sites is 1. The van der Waals surface area contributed by atoms with E-state index in [4.69, 9.17) is 0 Å². The summed E-state index contributed by atoms with van der Waals surface area (Å²) < 4.78 is 70.5. The van der Waals surface area contributed by atoms with E-state index in [1.54, 1.807) is 54.1 Å². The summed E-state index contributed by atoms with van der Waals surface area (Å²) in [4.78, 5) is 12.4. The lowest BCUT2D eigenvalue weighted by molar-refractivity contribution is -0.141. The number of anilines is 1. The first-order valence-corrected chi connectivity index (χ1v) is 14.2. The van der Waals surface area contributed by atoms with Gasteiger partial charge in [-0.15, -0.1) is 15.7 Å². The Balaban J connectivity index is 1.53. The second-order valence-corrected chi connectivity index (χ2v) is 10.8. The van der Waals surface area contributed by atoms with Crippen LogP contribution in [0.25, 0.3) is 16.3 Å². The van der Waals surface area contributed by atoms with Gasteiger partial charge in [0.25, 0.3) is 10.0 Å². The zero-order valence-electron chi connectivity index (χ0n) is 19.4. The van der Waals surface area contributed by atoms with E-state index in [1.807, 2.05) is 0 Å². The van der Waals surface area contributed by atoms with Crippen molar-refractivity contribution in [1.82, 2.24) is 20.6 Å². The Morgan fingerprint density at radius 2 is 1.74 bits per heavy atom. The molecule has 0 aliphatic carbocycles. The summed E-state index contributed by atoms with van der Waals surface area (Å²) in [6.07, 6.45) is -3.09. The average Bonchev–Trinajstić information content (AvgIpc) is 3.57. The molecule has 2 heterocycles. The quantitative estimate of drug-likeness (QED) is 0.166. The van der Waals surface area contributed by atoms with Crippen molar-refractivity contribution in [3.05, 3.63) is 83.9 Å². The normalized spacial score (nSPS) is 12.3. The number of amides is 2. The molecule has 9 nitrogen and oxygen atoms in total. The third-order valence-corrected chi connectivity index (χ3v) is 7.74. The Morgan fingerprint density at radius 3 is 2.34 bits per heavy atom. The summed E-state index contributed by atoms with van der Waals surface area (Å²) >= 11 is 2.19. The van der Waals surface area contributed by atoms with E-state index in [0.717, 1.165) is 22.5 Å². The number of hydrogen-bond donors (Lipinski definition) is 3. The minimum Gasteiger partial charge on any atom is -0.307 e. The third-order valence-electron chi connectivity index (χ3n) is 4.86. The number of halogens is 3. The number of thioether (sulfide) groups is 1. The van der Waals surface area contributed by atoms with Crippen LogP contribution in [-0.4, -0.2) is 35.7 Å². The summed E-state index contributed by atoms with van der Waals surface area (Å²) in [7, 11) is -4.22. The van der Waals surface area contributed by atoms with Gasteiger partial charge in [0, 0.05) is 5.69 Å². The second kappa shape index (κ2) is 11.3. The van der Waals surface area contributed by atoms with Crippen molar-refractivity contribution in [1.29, 1.82) is 0 Å². The molecule has 4 aromatic rings. The summed E-state index contributed by atoms with van der Waals surface area (Å²) in [6, 6.07) is 17.4. The van der Waals surface area contributed by atoms with Crippen LogP contribution in [0, 0.1) is 0 Å². The smallest absolute Gasteiger partial charge is 0.307 e. The van der Waals surface area contributed by atoms with Gasteiger partial charge in [-0.1, -0.05) is 36.0 Å². The molecule has 38 heavy (non-hydrogen) atoms. The van der Waals surface area contributed by atoms with Crippen molar-refractivity contribution in [2.75, 3.05) is 11.6 Å². The fraction of sp³-hybridized carbons (Fsp3) is 0.0870. The molecule has 15 heteroatoms. The number of nitrogens with one attached hydrogen (secondary N) is 3. The number of sulfonamides is 1. The van der Waals surface area contributed by atoms with Crippen LogP contribution >= 0.6 is 23.1 Å². The van der Waals surface area contributed by atoms with Crippen LogP contribution in [0.5, 0.6) is 0 Å². The number of hydrogen-bond acceptors (Lipinski definition) is 6. The Hall–Kier alpha value is -3.82. The predicted molar refractivity (Wildman–Crippen MR) is 142 cm³/mol. The number of nitrogens with zero attached hydrogens (tertiary/aromatic N) is 3. The molecule has 0 saturated carbocycles. The molecule has 0 aliphatic heterocycles. The number of benzene rings is 2. The number of hydrazine groups is 1. The summed E-state index contributed by atoms with van der Waals surface area (Å²) in [5, 5.41) is 7.87. The van der Waals surface area contributed by atoms with E-state index >= 15 is 0 Å². The Labute approximate surface area is 223 Å². The van der Waals surface area contributed by atoms with Crippen LogP contribution < -0.4 is 16.2 Å². The lowest BCUT2D eigenvalue weighted by Crippen LogP contribution is -2.43. The number of alkyl halides is 3. The first-order valence-electron chi connectivity index (χ1n) is 10.7. The van der Waals surface area contributed by atoms with Gasteiger partial charge in [-0.2, -0.15) is 26.7 Å². The third kappa shape index (κ3) is 6.54. The number of rotatable bonds is 5. The number of amidine groups is 1. The van der Waals surface area contributed by atoms with E-state index in [0.29, 0.717) is 10.6 Å². The molecule has 0 saturated heterocycles. The van der Waals surface area contributed by atoms with Crippen LogP contribution in [-0.2, 0) is 16.2 Å². The molecule has 4 rings (SSSR count). The monoisotopic (exact) mass is 580 g/mol. The molecule has 0 fully saturated rings. The number of aromatic nitrogens is 2. The maximum atomic E-state index is 13.3. The Kier molecular flexibility index (Phi) is 8.08.